The van der Waals surface area contributed by atoms with Crippen LogP contribution in [0.25, 0.3) is 0 Å². The van der Waals surface area contributed by atoms with Crippen LogP contribution in [0.3, 0.4) is 0 Å². The second-order valence-electron chi connectivity index (χ2n) is 5.62. The van der Waals surface area contributed by atoms with Gasteiger partial charge in [0.2, 0.25) is 0 Å². The van der Waals surface area contributed by atoms with E-state index in [1.54, 1.807) is 0 Å². The average molecular weight is 323 g/mol. The Hall–Kier alpha value is 0.330. The lowest BCUT2D eigenvalue weighted by atomic mass is 10.1. The predicted molar refractivity (Wildman–Crippen MR) is 93.1 cm³/mol. The normalized spacial score (nSPS) is 14.3. The predicted octanol–water partition coefficient (Wildman–Crippen LogP) is 5.39. The van der Waals surface area contributed by atoms with Gasteiger partial charge in [-0.1, -0.05) is 78.1 Å². The molecule has 0 spiro atoms. The van der Waals surface area contributed by atoms with Crippen molar-refractivity contribution in [2.24, 2.45) is 0 Å². The summed E-state index contributed by atoms with van der Waals surface area (Å²) in [6, 6.07) is 0. The van der Waals surface area contributed by atoms with Crippen LogP contribution >= 0.6 is 0 Å². The van der Waals surface area contributed by atoms with Gasteiger partial charge in [-0.3, -0.25) is 4.18 Å². The molecule has 2 nitrogen and oxygen atoms in total. The van der Waals surface area contributed by atoms with Crippen LogP contribution < -0.4 is 0 Å². The Morgan fingerprint density at radius 2 is 1.20 bits per heavy atom. The van der Waals surface area contributed by atoms with Crippen LogP contribution in [0.15, 0.2) is 0 Å². The van der Waals surface area contributed by atoms with Gasteiger partial charge in [-0.2, -0.15) is 0 Å². The third kappa shape index (κ3) is 14.7. The summed E-state index contributed by atoms with van der Waals surface area (Å²) >= 11 is 4.93. The van der Waals surface area contributed by atoms with E-state index >= 15 is 0 Å². The van der Waals surface area contributed by atoms with Gasteiger partial charge in [-0.25, -0.2) is 4.21 Å². The molecule has 0 aromatic rings. The fraction of sp³-hybridized carbons (Fsp3) is 1.00. The lowest BCUT2D eigenvalue weighted by molar-refractivity contribution is 0.330. The molecule has 0 bridgehead atoms. The van der Waals surface area contributed by atoms with Crippen LogP contribution in [-0.4, -0.2) is 16.6 Å². The first-order valence-electron chi connectivity index (χ1n) is 8.49. The molecule has 0 radical (unpaired) electrons. The minimum absolute atomic E-state index is 0.514. The average Bonchev–Trinajstić information content (AvgIpc) is 2.40. The summed E-state index contributed by atoms with van der Waals surface area (Å²) in [5.74, 6) is 0.514. The van der Waals surface area contributed by atoms with Gasteiger partial charge in [0.25, 0.3) is 0 Å². The smallest absolute Gasteiger partial charge is 0.144 e. The van der Waals surface area contributed by atoms with E-state index in [0.717, 1.165) is 12.8 Å². The Balaban J connectivity index is 3.17. The minimum Gasteiger partial charge on any atom is -0.290 e. The maximum atomic E-state index is 11.7. The highest BCUT2D eigenvalue weighted by molar-refractivity contribution is 8.30. The SMILES string of the molecule is CCCCCCCCCCCCCOS(=O)(=S)CCC. The van der Waals surface area contributed by atoms with E-state index < -0.39 is 8.77 Å². The van der Waals surface area contributed by atoms with Crippen molar-refractivity contribution in [2.45, 2.75) is 90.9 Å². The van der Waals surface area contributed by atoms with Crippen molar-refractivity contribution in [1.82, 2.24) is 0 Å². The minimum atomic E-state index is -2.41. The first-order valence-corrected chi connectivity index (χ1v) is 11.1. The molecule has 0 N–H and O–H groups in total. The van der Waals surface area contributed by atoms with Gasteiger partial charge in [0.05, 0.1) is 6.61 Å². The second-order valence-corrected chi connectivity index (χ2v) is 8.90. The van der Waals surface area contributed by atoms with E-state index in [2.05, 4.69) is 6.92 Å². The maximum Gasteiger partial charge on any atom is 0.144 e. The highest BCUT2D eigenvalue weighted by atomic mass is 32.8. The number of hydrogen-bond acceptors (Lipinski definition) is 3. The molecule has 0 heterocycles. The highest BCUT2D eigenvalue weighted by Crippen LogP contribution is 2.11. The molecule has 0 aromatic carbocycles. The summed E-state index contributed by atoms with van der Waals surface area (Å²) in [4.78, 5) is 0. The van der Waals surface area contributed by atoms with Crippen LogP contribution in [0.1, 0.15) is 90.9 Å². The van der Waals surface area contributed by atoms with E-state index in [4.69, 9.17) is 15.4 Å². The Morgan fingerprint density at radius 1 is 0.750 bits per heavy atom. The van der Waals surface area contributed by atoms with Gasteiger partial charge >= 0.3 is 0 Å². The zero-order valence-electron chi connectivity index (χ0n) is 13.5. The Bertz CT molecular complexity index is 287. The van der Waals surface area contributed by atoms with Crippen LogP contribution in [0.4, 0.5) is 0 Å². The topological polar surface area (TPSA) is 26.3 Å². The summed E-state index contributed by atoms with van der Waals surface area (Å²) in [5, 5.41) is 0. The van der Waals surface area contributed by atoms with E-state index in [-0.39, 0.29) is 0 Å². The van der Waals surface area contributed by atoms with Gasteiger partial charge in [0.1, 0.15) is 8.77 Å². The van der Waals surface area contributed by atoms with E-state index in [9.17, 15) is 4.21 Å². The molecule has 1 unspecified atom stereocenters. The molecule has 0 fully saturated rings. The summed E-state index contributed by atoms with van der Waals surface area (Å²) in [7, 11) is -2.41. The molecule has 1 atom stereocenters. The maximum absolute atomic E-state index is 11.7. The molecule has 0 aliphatic carbocycles. The Morgan fingerprint density at radius 3 is 1.65 bits per heavy atom. The van der Waals surface area contributed by atoms with Crippen molar-refractivity contribution in [1.29, 1.82) is 0 Å². The first-order chi connectivity index (χ1) is 9.62. The lowest BCUT2D eigenvalue weighted by Gasteiger charge is -2.06. The zero-order valence-corrected chi connectivity index (χ0v) is 15.2. The van der Waals surface area contributed by atoms with Gasteiger partial charge in [-0.15, -0.1) is 0 Å². The summed E-state index contributed by atoms with van der Waals surface area (Å²) < 4.78 is 17.0. The second kappa shape index (κ2) is 14.3. The van der Waals surface area contributed by atoms with Gasteiger partial charge < -0.3 is 0 Å². The van der Waals surface area contributed by atoms with Gasteiger partial charge in [0.15, 0.2) is 0 Å². The standard InChI is InChI=1S/C16H34O2S2/c1-3-5-6-7-8-9-10-11-12-13-14-15-18-20(17,19)16-4-2/h3-16H2,1-2H3. The molecule has 122 valence electrons. The summed E-state index contributed by atoms with van der Waals surface area (Å²) in [6.07, 6.45) is 15.3. The van der Waals surface area contributed by atoms with Crippen LogP contribution in [0, 0.1) is 0 Å². The highest BCUT2D eigenvalue weighted by Gasteiger charge is 2.04. The third-order valence-electron chi connectivity index (χ3n) is 3.46. The Labute approximate surface area is 131 Å². The van der Waals surface area contributed by atoms with E-state index in [0.29, 0.717) is 12.4 Å². The number of hydrogen-bond donors (Lipinski definition) is 0. The molecule has 0 aliphatic rings. The third-order valence-corrected chi connectivity index (χ3v) is 5.69. The fourth-order valence-corrected chi connectivity index (χ4v) is 3.95. The van der Waals surface area contributed by atoms with Crippen molar-refractivity contribution in [3.8, 4) is 0 Å². The molecular formula is C16H34O2S2. The van der Waals surface area contributed by atoms with Crippen molar-refractivity contribution < 1.29 is 8.39 Å². The number of rotatable bonds is 15. The van der Waals surface area contributed by atoms with Crippen LogP contribution in [0.5, 0.6) is 0 Å². The van der Waals surface area contributed by atoms with Crippen molar-refractivity contribution in [3.05, 3.63) is 0 Å². The molecule has 0 rings (SSSR count). The van der Waals surface area contributed by atoms with E-state index in [1.165, 1.54) is 64.2 Å². The van der Waals surface area contributed by atoms with Crippen LogP contribution in [0.2, 0.25) is 0 Å². The quantitative estimate of drug-likeness (QED) is 0.378. The molecule has 0 aromatic heterocycles. The molecule has 0 amide bonds. The van der Waals surface area contributed by atoms with Gasteiger partial charge in [-0.05, 0) is 12.8 Å². The largest absolute Gasteiger partial charge is 0.290 e. The van der Waals surface area contributed by atoms with Crippen molar-refractivity contribution >= 4 is 20.0 Å². The van der Waals surface area contributed by atoms with Crippen LogP contribution in [-0.2, 0) is 24.1 Å². The molecule has 0 saturated heterocycles. The molecule has 0 saturated carbocycles. The fourth-order valence-electron chi connectivity index (χ4n) is 2.26. The lowest BCUT2D eigenvalue weighted by Crippen LogP contribution is -2.09. The zero-order chi connectivity index (χ0) is 15.1. The summed E-state index contributed by atoms with van der Waals surface area (Å²) in [5.41, 5.74) is 0. The van der Waals surface area contributed by atoms with Crippen molar-refractivity contribution in [2.75, 3.05) is 12.4 Å². The molecular weight excluding hydrogens is 288 g/mol. The monoisotopic (exact) mass is 322 g/mol. The first kappa shape index (κ1) is 20.3. The molecule has 20 heavy (non-hydrogen) atoms. The Kier molecular flexibility index (Phi) is 14.5. The van der Waals surface area contributed by atoms with E-state index in [1.807, 2.05) is 6.92 Å². The molecule has 0 aliphatic heterocycles. The molecule has 4 heteroatoms. The number of unbranched alkanes of at least 4 members (excludes halogenated alkanes) is 10. The summed E-state index contributed by atoms with van der Waals surface area (Å²) in [6.45, 7) is 4.81. The van der Waals surface area contributed by atoms with Gasteiger partial charge in [0, 0.05) is 16.9 Å². The van der Waals surface area contributed by atoms with Crippen molar-refractivity contribution in [3.63, 3.8) is 0 Å².